The molecule has 3 aliphatic heterocycles. The van der Waals surface area contributed by atoms with Crippen LogP contribution in [0.15, 0.2) is 78.4 Å². The number of aliphatic hydroxyl groups is 1. The van der Waals surface area contributed by atoms with Gasteiger partial charge in [0.25, 0.3) is 0 Å². The molecule has 5 heterocycles. The highest BCUT2D eigenvalue weighted by atomic mass is 35.5. The van der Waals surface area contributed by atoms with Crippen LogP contribution in [0.5, 0.6) is 5.75 Å². The van der Waals surface area contributed by atoms with Crippen molar-refractivity contribution in [3.05, 3.63) is 94.7 Å². The maximum atomic E-state index is 14.0. The highest BCUT2D eigenvalue weighted by molar-refractivity contribution is 7.70. The molecule has 5 N–H and O–H groups in total. The van der Waals surface area contributed by atoms with Gasteiger partial charge in [-0.05, 0) is 73.9 Å². The summed E-state index contributed by atoms with van der Waals surface area (Å²) in [5.74, 6) is 0.224. The lowest BCUT2D eigenvalue weighted by atomic mass is 9.85. The van der Waals surface area contributed by atoms with Gasteiger partial charge in [-0.3, -0.25) is 24.1 Å². The number of carbonyl (C=O) groups is 4. The van der Waals surface area contributed by atoms with Crippen LogP contribution in [0, 0.1) is 12.3 Å². The number of aryl methyl sites for hydroxylation is 1. The van der Waals surface area contributed by atoms with Crippen molar-refractivity contribution in [3.63, 3.8) is 0 Å². The van der Waals surface area contributed by atoms with Crippen LogP contribution in [0.1, 0.15) is 64.1 Å². The van der Waals surface area contributed by atoms with Crippen molar-refractivity contribution >= 4 is 87.8 Å². The molecule has 20 nitrogen and oxygen atoms in total. The van der Waals surface area contributed by atoms with E-state index in [-0.39, 0.29) is 76.5 Å². The zero-order valence-corrected chi connectivity index (χ0v) is 49.9. The number of halogens is 1. The summed E-state index contributed by atoms with van der Waals surface area (Å²) in [6, 6.07) is 19.9. The van der Waals surface area contributed by atoms with Crippen LogP contribution >= 0.6 is 30.1 Å². The van der Waals surface area contributed by atoms with Gasteiger partial charge in [-0.2, -0.15) is 4.98 Å². The summed E-state index contributed by atoms with van der Waals surface area (Å²) in [5, 5.41) is 23.9. The van der Waals surface area contributed by atoms with E-state index in [9.17, 15) is 28.8 Å². The number of benzene rings is 3. The number of aliphatic hydroxyl groups excluding tert-OH is 1. The number of piperidine rings is 1. The number of β-amino-alcohol motifs (C(OH)–C–C–N with tert-alkyl or cyclic N) is 1. The van der Waals surface area contributed by atoms with Gasteiger partial charge in [0.2, 0.25) is 29.6 Å². The Labute approximate surface area is 484 Å². The largest absolute Gasteiger partial charge is 0.494 e. The lowest BCUT2D eigenvalue weighted by Gasteiger charge is -2.43. The third kappa shape index (κ3) is 16.3. The molecule has 3 atom stereocenters. The third-order valence-electron chi connectivity index (χ3n) is 14.9. The molecule has 0 aliphatic carbocycles. The second-order valence-electron chi connectivity index (χ2n) is 22.2. The molecule has 3 fully saturated rings. The number of carbonyl (C=O) groups excluding carboxylic acids is 4. The van der Waals surface area contributed by atoms with Crippen LogP contribution in [0.3, 0.4) is 0 Å². The quantitative estimate of drug-likeness (QED) is 0.0326. The lowest BCUT2D eigenvalue weighted by Crippen LogP contribution is -2.57. The minimum absolute atomic E-state index is 0.00494. The molecule has 8 rings (SSSR count). The van der Waals surface area contributed by atoms with Crippen molar-refractivity contribution in [2.24, 2.45) is 5.41 Å². The molecule has 3 aromatic carbocycles. The fourth-order valence-electron chi connectivity index (χ4n) is 10.4. The van der Waals surface area contributed by atoms with Crippen LogP contribution in [0.25, 0.3) is 10.4 Å². The average molecular weight is 1170 g/mol. The van der Waals surface area contributed by atoms with Crippen LogP contribution in [0.4, 0.5) is 28.8 Å². The first-order valence-electron chi connectivity index (χ1n) is 27.6. The van der Waals surface area contributed by atoms with Crippen LogP contribution in [-0.2, 0) is 39.8 Å². The van der Waals surface area contributed by atoms with Crippen molar-refractivity contribution in [1.82, 2.24) is 40.3 Å². The Hall–Kier alpha value is -6.19. The maximum absolute atomic E-state index is 14.0. The van der Waals surface area contributed by atoms with E-state index in [1.807, 2.05) is 98.8 Å². The van der Waals surface area contributed by atoms with E-state index in [4.69, 9.17) is 25.8 Å². The summed E-state index contributed by atoms with van der Waals surface area (Å²) in [4.78, 5) is 76.4. The molecule has 23 heteroatoms. The molecule has 0 saturated carbocycles. The second kappa shape index (κ2) is 27.7. The van der Waals surface area contributed by atoms with Crippen molar-refractivity contribution in [1.29, 1.82) is 0 Å². The first-order valence-corrected chi connectivity index (χ1v) is 31.5. The van der Waals surface area contributed by atoms with Crippen molar-refractivity contribution in [3.8, 4) is 16.2 Å². The predicted octanol–water partition coefficient (Wildman–Crippen LogP) is 7.04. The van der Waals surface area contributed by atoms with Gasteiger partial charge in [-0.15, -0.1) is 11.3 Å². The number of amides is 4. The van der Waals surface area contributed by atoms with E-state index in [0.29, 0.717) is 58.3 Å². The molecule has 3 aliphatic rings. The number of para-hydroxylation sites is 1. The number of hydrogen-bond donors (Lipinski definition) is 5. The molecule has 3 unspecified atom stereocenters. The van der Waals surface area contributed by atoms with E-state index in [2.05, 4.69) is 52.1 Å². The molecular weight excluding hydrogens is 1090 g/mol. The first kappa shape index (κ1) is 60.9. The summed E-state index contributed by atoms with van der Waals surface area (Å²) in [6.07, 6.45) is 3.00. The standard InChI is InChI=1S/C58H77ClN11O9PS/c1-38-52(81-37-62-38)40-14-12-39(13-15-40)34-60-55(74)47-33-43(71)36-70(47)56(75)53(58(2,3)4)65-50(72)20-28-78-30-31-79-29-21-51(73)69-26-24-68(25-27-69)41-18-22-67(23-19-41)42-16-17-45(48(32-42)77-5)64-57-61-35-44(59)54(66-57)63-46-10-8-9-11-49(46)80(6,7)76/h8-17,32,35,37,41,43,47,53,71H,18-31,33-34,36H2,1-7H3,(H,60,74)(H,65,72)(H2,61,63,64,66). The van der Waals surface area contributed by atoms with Crippen molar-refractivity contribution < 1.29 is 43.1 Å². The number of ether oxygens (including phenoxy) is 3. The fraction of sp³-hybridized carbons (Fsp3) is 0.500. The summed E-state index contributed by atoms with van der Waals surface area (Å²) in [7, 11) is -0.941. The van der Waals surface area contributed by atoms with Gasteiger partial charge in [0.1, 0.15) is 30.0 Å². The van der Waals surface area contributed by atoms with Gasteiger partial charge in [0, 0.05) is 88.3 Å². The number of thiazole rings is 1. The number of piperazine rings is 1. The number of rotatable bonds is 23. The number of anilines is 5. The third-order valence-corrected chi connectivity index (χ3v) is 17.7. The highest BCUT2D eigenvalue weighted by Crippen LogP contribution is 2.39. The highest BCUT2D eigenvalue weighted by Gasteiger charge is 2.44. The molecule has 0 spiro atoms. The SMILES string of the molecule is COc1cc(N2CCC(N3CCN(C(=O)CCOCCOCCC(=O)NC(C(=O)N4CC(O)CC4C(=O)NCc4ccc(-c5scnc5C)cc4)C(C)(C)C)CC3)CC2)ccc1Nc1ncc(Cl)c(Nc2ccccc2P(C)(C)=O)n1. The Balaban J connectivity index is 0.694. The number of methoxy groups -OCH3 is 1. The monoisotopic (exact) mass is 1170 g/mol. The van der Waals surface area contributed by atoms with Crippen LogP contribution < -0.4 is 36.2 Å². The number of nitrogens with one attached hydrogen (secondary N) is 4. The Kier molecular flexibility index (Phi) is 20.8. The number of aromatic nitrogens is 3. The molecule has 3 saturated heterocycles. The first-order chi connectivity index (χ1) is 38.7. The molecule has 2 aromatic heterocycles. The lowest BCUT2D eigenvalue weighted by molar-refractivity contribution is -0.144. The average Bonchev–Trinajstić information content (AvgIpc) is 4.10. The molecule has 0 bridgehead atoms. The van der Waals surface area contributed by atoms with Gasteiger partial charge in [0.05, 0.1) is 79.7 Å². The van der Waals surface area contributed by atoms with E-state index in [0.717, 1.165) is 66.4 Å². The molecule has 5 aromatic rings. The summed E-state index contributed by atoms with van der Waals surface area (Å²) in [5.41, 5.74) is 6.44. The van der Waals surface area contributed by atoms with E-state index in [1.165, 1.54) is 11.1 Å². The van der Waals surface area contributed by atoms with Gasteiger partial charge in [-0.1, -0.05) is 68.8 Å². The molecule has 0 radical (unpaired) electrons. The summed E-state index contributed by atoms with van der Waals surface area (Å²) < 4.78 is 30.2. The molecular formula is C58H77ClN11O9PS. The topological polar surface area (TPSA) is 233 Å². The fourth-order valence-corrected chi connectivity index (χ4v) is 12.5. The molecule has 436 valence electrons. The molecule has 4 amide bonds. The smallest absolute Gasteiger partial charge is 0.246 e. The summed E-state index contributed by atoms with van der Waals surface area (Å²) in [6.45, 7) is 16.8. The van der Waals surface area contributed by atoms with E-state index >= 15 is 0 Å². The zero-order valence-electron chi connectivity index (χ0n) is 47.4. The normalized spacial score (nSPS) is 17.7. The van der Waals surface area contributed by atoms with Crippen LogP contribution in [0.2, 0.25) is 5.02 Å². The van der Waals surface area contributed by atoms with Crippen molar-refractivity contribution in [2.45, 2.75) is 90.6 Å². The minimum Gasteiger partial charge on any atom is -0.494 e. The Morgan fingerprint density at radius 1 is 0.877 bits per heavy atom. The number of likely N-dealkylation sites (tertiary alicyclic amines) is 1. The predicted molar refractivity (Wildman–Crippen MR) is 318 cm³/mol. The van der Waals surface area contributed by atoms with E-state index < -0.39 is 36.7 Å². The van der Waals surface area contributed by atoms with Gasteiger partial charge < -0.3 is 59.8 Å². The Bertz CT molecular complexity index is 3010. The second-order valence-corrected chi connectivity index (χ2v) is 26.6. The molecule has 81 heavy (non-hydrogen) atoms. The van der Waals surface area contributed by atoms with Crippen molar-refractivity contribution in [2.75, 3.05) is 108 Å². The van der Waals surface area contributed by atoms with Gasteiger partial charge >= 0.3 is 0 Å². The van der Waals surface area contributed by atoms with Gasteiger partial charge in [-0.25, -0.2) is 9.97 Å². The number of hydrogen-bond acceptors (Lipinski definition) is 17. The number of nitrogens with zero attached hydrogens (tertiary/aromatic N) is 7. The maximum Gasteiger partial charge on any atom is 0.246 e. The van der Waals surface area contributed by atoms with Gasteiger partial charge in [0.15, 0.2) is 5.82 Å². The minimum atomic E-state index is -2.57. The summed E-state index contributed by atoms with van der Waals surface area (Å²) >= 11 is 8.07. The zero-order chi connectivity index (χ0) is 57.8. The van der Waals surface area contributed by atoms with Crippen LogP contribution in [-0.4, -0.2) is 175 Å². The van der Waals surface area contributed by atoms with E-state index in [1.54, 1.807) is 31.8 Å². The Morgan fingerprint density at radius 2 is 1.58 bits per heavy atom. The Morgan fingerprint density at radius 3 is 2.25 bits per heavy atom.